The van der Waals surface area contributed by atoms with Crippen molar-refractivity contribution in [2.75, 3.05) is 13.6 Å². The Labute approximate surface area is 128 Å². The molecule has 1 heterocycles. The van der Waals surface area contributed by atoms with Gasteiger partial charge in [0.25, 0.3) is 0 Å². The molecule has 0 spiro atoms. The first-order valence-corrected chi connectivity index (χ1v) is 7.79. The number of piperidine rings is 1. The molecule has 0 aliphatic carbocycles. The molecule has 0 radical (unpaired) electrons. The molecule has 0 saturated carbocycles. The number of nitrogens with one attached hydrogen (secondary N) is 1. The number of hydrogen-bond donors (Lipinski definition) is 2. The molecular formula is C15H21BrN2O2. The number of likely N-dealkylation sites (tertiary alicyclic amines) is 1. The number of carbonyl (C=O) groups is 1. The minimum atomic E-state index is -0.109. The highest BCUT2D eigenvalue weighted by molar-refractivity contribution is 9.10. The normalized spacial score (nSPS) is 21.4. The predicted octanol–water partition coefficient (Wildman–Crippen LogP) is 2.82. The summed E-state index contributed by atoms with van der Waals surface area (Å²) in [7, 11) is 1.68. The molecule has 1 aromatic carbocycles. The van der Waals surface area contributed by atoms with Crippen LogP contribution in [0.4, 0.5) is 0 Å². The Kier molecular flexibility index (Phi) is 5.05. The number of benzene rings is 1. The SMILES string of the molecule is CNC(=O)C1CCCCN1C(C)c1cc(Br)ccc1O. The lowest BCUT2D eigenvalue weighted by Gasteiger charge is -2.39. The van der Waals surface area contributed by atoms with Gasteiger partial charge in [0.05, 0.1) is 6.04 Å². The van der Waals surface area contributed by atoms with Crippen LogP contribution in [0.1, 0.15) is 37.8 Å². The minimum Gasteiger partial charge on any atom is -0.508 e. The molecule has 1 amide bonds. The third-order valence-electron chi connectivity index (χ3n) is 4.03. The Morgan fingerprint density at radius 2 is 2.25 bits per heavy atom. The summed E-state index contributed by atoms with van der Waals surface area (Å²) in [5.41, 5.74) is 0.857. The second kappa shape index (κ2) is 6.59. The Morgan fingerprint density at radius 3 is 2.95 bits per heavy atom. The highest BCUT2D eigenvalue weighted by Gasteiger charge is 2.32. The van der Waals surface area contributed by atoms with Gasteiger partial charge in [-0.25, -0.2) is 0 Å². The second-order valence-corrected chi connectivity index (χ2v) is 6.16. The number of likely N-dealkylation sites (N-methyl/N-ethyl adjacent to an activating group) is 1. The third-order valence-corrected chi connectivity index (χ3v) is 4.52. The molecule has 2 unspecified atom stereocenters. The fourth-order valence-electron chi connectivity index (χ4n) is 2.90. The number of rotatable bonds is 3. The van der Waals surface area contributed by atoms with E-state index in [0.29, 0.717) is 0 Å². The van der Waals surface area contributed by atoms with Gasteiger partial charge in [0, 0.05) is 23.1 Å². The van der Waals surface area contributed by atoms with Gasteiger partial charge in [0.15, 0.2) is 0 Å². The van der Waals surface area contributed by atoms with Crippen LogP contribution in [-0.4, -0.2) is 35.5 Å². The fourth-order valence-corrected chi connectivity index (χ4v) is 3.28. The summed E-state index contributed by atoms with van der Waals surface area (Å²) in [6, 6.07) is 5.33. The van der Waals surface area contributed by atoms with E-state index in [4.69, 9.17) is 0 Å². The van der Waals surface area contributed by atoms with Crippen molar-refractivity contribution in [3.8, 4) is 5.75 Å². The van der Waals surface area contributed by atoms with Crippen molar-refractivity contribution in [2.45, 2.75) is 38.3 Å². The molecular weight excluding hydrogens is 320 g/mol. The fraction of sp³-hybridized carbons (Fsp3) is 0.533. The molecule has 1 aliphatic rings. The van der Waals surface area contributed by atoms with Gasteiger partial charge >= 0.3 is 0 Å². The molecule has 2 rings (SSSR count). The lowest BCUT2D eigenvalue weighted by atomic mass is 9.96. The smallest absolute Gasteiger partial charge is 0.237 e. The van der Waals surface area contributed by atoms with E-state index in [1.165, 1.54) is 0 Å². The average molecular weight is 341 g/mol. The molecule has 20 heavy (non-hydrogen) atoms. The number of amides is 1. The zero-order valence-corrected chi connectivity index (χ0v) is 13.5. The van der Waals surface area contributed by atoms with Crippen LogP contribution >= 0.6 is 15.9 Å². The summed E-state index contributed by atoms with van der Waals surface area (Å²) < 4.78 is 0.936. The number of hydrogen-bond acceptors (Lipinski definition) is 3. The van der Waals surface area contributed by atoms with Gasteiger partial charge in [0.1, 0.15) is 5.75 Å². The Morgan fingerprint density at radius 1 is 1.50 bits per heavy atom. The van der Waals surface area contributed by atoms with Crippen LogP contribution in [0.15, 0.2) is 22.7 Å². The van der Waals surface area contributed by atoms with Gasteiger partial charge in [-0.1, -0.05) is 22.4 Å². The number of halogens is 1. The zero-order valence-electron chi connectivity index (χ0n) is 11.9. The van der Waals surface area contributed by atoms with Crippen LogP contribution in [0.2, 0.25) is 0 Å². The van der Waals surface area contributed by atoms with Gasteiger partial charge in [-0.3, -0.25) is 9.69 Å². The summed E-state index contributed by atoms with van der Waals surface area (Å²) in [6.07, 6.45) is 3.04. The first-order chi connectivity index (χ1) is 9.54. The van der Waals surface area contributed by atoms with E-state index in [1.54, 1.807) is 13.1 Å². The lowest BCUT2D eigenvalue weighted by Crippen LogP contribution is -2.49. The molecule has 0 aromatic heterocycles. The van der Waals surface area contributed by atoms with Gasteiger partial charge < -0.3 is 10.4 Å². The summed E-state index contributed by atoms with van der Waals surface area (Å²) in [4.78, 5) is 14.2. The maximum Gasteiger partial charge on any atom is 0.237 e. The number of phenolic OH excluding ortho intramolecular Hbond substituents is 1. The largest absolute Gasteiger partial charge is 0.508 e. The molecule has 5 heteroatoms. The van der Waals surface area contributed by atoms with Crippen molar-refractivity contribution in [2.24, 2.45) is 0 Å². The van der Waals surface area contributed by atoms with Crippen molar-refractivity contribution >= 4 is 21.8 Å². The molecule has 0 bridgehead atoms. The molecule has 110 valence electrons. The molecule has 4 nitrogen and oxygen atoms in total. The van der Waals surface area contributed by atoms with Crippen LogP contribution in [0.3, 0.4) is 0 Å². The van der Waals surface area contributed by atoms with E-state index in [0.717, 1.165) is 35.8 Å². The average Bonchev–Trinajstić information content (AvgIpc) is 2.48. The minimum absolute atomic E-state index is 0.00935. The molecule has 2 atom stereocenters. The Hall–Kier alpha value is -1.07. The van der Waals surface area contributed by atoms with E-state index < -0.39 is 0 Å². The summed E-state index contributed by atoms with van der Waals surface area (Å²) in [6.45, 7) is 2.92. The Bertz CT molecular complexity index is 493. The number of nitrogens with zero attached hydrogens (tertiary/aromatic N) is 1. The molecule has 2 N–H and O–H groups in total. The first-order valence-electron chi connectivity index (χ1n) is 7.00. The highest BCUT2D eigenvalue weighted by atomic mass is 79.9. The predicted molar refractivity (Wildman–Crippen MR) is 82.6 cm³/mol. The van der Waals surface area contributed by atoms with E-state index in [2.05, 4.69) is 26.1 Å². The quantitative estimate of drug-likeness (QED) is 0.889. The molecule has 1 aromatic rings. The van der Waals surface area contributed by atoms with E-state index >= 15 is 0 Å². The van der Waals surface area contributed by atoms with Crippen molar-refractivity contribution in [3.63, 3.8) is 0 Å². The third kappa shape index (κ3) is 3.15. The first kappa shape index (κ1) is 15.3. The van der Waals surface area contributed by atoms with Crippen molar-refractivity contribution < 1.29 is 9.90 Å². The van der Waals surface area contributed by atoms with Crippen molar-refractivity contribution in [1.29, 1.82) is 0 Å². The standard InChI is InChI=1S/C15H21BrN2O2/c1-10(12-9-11(16)6-7-14(12)19)18-8-4-3-5-13(18)15(20)17-2/h6-7,9-10,13,19H,3-5,8H2,1-2H3,(H,17,20). The summed E-state index contributed by atoms with van der Waals surface area (Å²) >= 11 is 3.44. The topological polar surface area (TPSA) is 52.6 Å². The van der Waals surface area contributed by atoms with Gasteiger partial charge in [-0.15, -0.1) is 0 Å². The van der Waals surface area contributed by atoms with E-state index in [-0.39, 0.29) is 23.7 Å². The number of carbonyl (C=O) groups excluding carboxylic acids is 1. The number of aromatic hydroxyl groups is 1. The molecule has 1 fully saturated rings. The van der Waals surface area contributed by atoms with E-state index in [1.807, 2.05) is 19.1 Å². The van der Waals surface area contributed by atoms with Gasteiger partial charge in [-0.2, -0.15) is 0 Å². The van der Waals surface area contributed by atoms with Gasteiger partial charge in [0.2, 0.25) is 5.91 Å². The maximum absolute atomic E-state index is 12.0. The highest BCUT2D eigenvalue weighted by Crippen LogP contribution is 2.34. The van der Waals surface area contributed by atoms with Crippen LogP contribution < -0.4 is 5.32 Å². The van der Waals surface area contributed by atoms with Crippen LogP contribution in [0.5, 0.6) is 5.75 Å². The Balaban J connectivity index is 2.27. The second-order valence-electron chi connectivity index (χ2n) is 5.24. The summed E-state index contributed by atoms with van der Waals surface area (Å²) in [5.74, 6) is 0.341. The lowest BCUT2D eigenvalue weighted by molar-refractivity contribution is -0.128. The molecule has 1 aliphatic heterocycles. The van der Waals surface area contributed by atoms with E-state index in [9.17, 15) is 9.90 Å². The van der Waals surface area contributed by atoms with Crippen LogP contribution in [0, 0.1) is 0 Å². The maximum atomic E-state index is 12.0. The monoisotopic (exact) mass is 340 g/mol. The van der Waals surface area contributed by atoms with Crippen molar-refractivity contribution in [3.05, 3.63) is 28.2 Å². The van der Waals surface area contributed by atoms with Crippen LogP contribution in [0.25, 0.3) is 0 Å². The van der Waals surface area contributed by atoms with Gasteiger partial charge in [-0.05, 0) is 44.5 Å². The number of phenols is 1. The molecule has 1 saturated heterocycles. The van der Waals surface area contributed by atoms with Crippen LogP contribution in [-0.2, 0) is 4.79 Å². The summed E-state index contributed by atoms with van der Waals surface area (Å²) in [5, 5.41) is 12.8. The van der Waals surface area contributed by atoms with Crippen molar-refractivity contribution in [1.82, 2.24) is 10.2 Å². The zero-order chi connectivity index (χ0) is 14.7.